The van der Waals surface area contributed by atoms with Crippen molar-refractivity contribution in [2.24, 2.45) is 0 Å². The van der Waals surface area contributed by atoms with E-state index in [1.54, 1.807) is 10.5 Å². The minimum atomic E-state index is -0.249. The number of rotatable bonds is 5. The molecular weight excluding hydrogens is 366 g/mol. The molecule has 3 aromatic rings. The van der Waals surface area contributed by atoms with E-state index in [-0.39, 0.29) is 16.7 Å². The molecule has 3 rings (SSSR count). The number of hydrogen-bond donors (Lipinski definition) is 1. The van der Waals surface area contributed by atoms with Crippen LogP contribution in [0.3, 0.4) is 0 Å². The first-order valence-corrected chi connectivity index (χ1v) is 10.2. The standard InChI is InChI=1S/C19H21N3O2S2/c1-11-5-6-16(12(2)7-11)21-18(24)14(4)25-10-15-8-17(23)22-13(3)9-26-19(22)20-15/h5-9,14H,10H2,1-4H3,(H,21,24). The van der Waals surface area contributed by atoms with Gasteiger partial charge in [0, 0.05) is 28.6 Å². The number of carbonyl (C=O) groups excluding carboxylic acids is 1. The number of amides is 1. The van der Waals surface area contributed by atoms with Gasteiger partial charge in [-0.15, -0.1) is 23.1 Å². The fourth-order valence-electron chi connectivity index (χ4n) is 2.65. The van der Waals surface area contributed by atoms with Crippen molar-refractivity contribution in [2.75, 3.05) is 5.32 Å². The largest absolute Gasteiger partial charge is 0.325 e. The van der Waals surface area contributed by atoms with Crippen LogP contribution in [0.2, 0.25) is 0 Å². The fraction of sp³-hybridized carbons (Fsp3) is 0.316. The van der Waals surface area contributed by atoms with Crippen LogP contribution in [0.4, 0.5) is 5.69 Å². The van der Waals surface area contributed by atoms with Crippen LogP contribution in [0.5, 0.6) is 0 Å². The summed E-state index contributed by atoms with van der Waals surface area (Å²) in [6.07, 6.45) is 0. The lowest BCUT2D eigenvalue weighted by atomic mass is 10.1. The molecule has 0 saturated carbocycles. The monoisotopic (exact) mass is 387 g/mol. The maximum Gasteiger partial charge on any atom is 0.258 e. The van der Waals surface area contributed by atoms with Gasteiger partial charge in [-0.3, -0.25) is 14.0 Å². The van der Waals surface area contributed by atoms with Crippen molar-refractivity contribution in [2.45, 2.75) is 38.7 Å². The van der Waals surface area contributed by atoms with Crippen LogP contribution in [0.15, 0.2) is 34.4 Å². The van der Waals surface area contributed by atoms with Gasteiger partial charge in [0.1, 0.15) is 0 Å². The van der Waals surface area contributed by atoms with Crippen molar-refractivity contribution >= 4 is 39.7 Å². The van der Waals surface area contributed by atoms with Gasteiger partial charge in [0.25, 0.3) is 5.56 Å². The quantitative estimate of drug-likeness (QED) is 0.720. The number of thioether (sulfide) groups is 1. The minimum Gasteiger partial charge on any atom is -0.325 e. The van der Waals surface area contributed by atoms with Gasteiger partial charge in [-0.2, -0.15) is 0 Å². The normalized spacial score (nSPS) is 12.3. The Hall–Kier alpha value is -2.12. The number of aryl methyl sites for hydroxylation is 3. The van der Waals surface area contributed by atoms with Crippen LogP contribution < -0.4 is 10.9 Å². The highest BCUT2D eigenvalue weighted by molar-refractivity contribution is 7.99. The lowest BCUT2D eigenvalue weighted by molar-refractivity contribution is -0.115. The second kappa shape index (κ2) is 7.63. The van der Waals surface area contributed by atoms with Crippen molar-refractivity contribution in [3.63, 3.8) is 0 Å². The fourth-order valence-corrected chi connectivity index (χ4v) is 4.32. The molecule has 0 aliphatic heterocycles. The minimum absolute atomic E-state index is 0.0493. The maximum atomic E-state index is 12.4. The summed E-state index contributed by atoms with van der Waals surface area (Å²) in [7, 11) is 0. The Balaban J connectivity index is 1.65. The first kappa shape index (κ1) is 18.7. The SMILES string of the molecule is Cc1ccc(NC(=O)C(C)SCc2cc(=O)n3c(C)csc3n2)c(C)c1. The van der Waals surface area contributed by atoms with Crippen LogP contribution in [-0.4, -0.2) is 20.5 Å². The summed E-state index contributed by atoms with van der Waals surface area (Å²) in [5.41, 5.74) is 4.57. The van der Waals surface area contributed by atoms with Gasteiger partial charge in [0.15, 0.2) is 4.96 Å². The summed E-state index contributed by atoms with van der Waals surface area (Å²) in [4.78, 5) is 29.9. The van der Waals surface area contributed by atoms with Gasteiger partial charge in [-0.1, -0.05) is 17.7 Å². The number of hydrogen-bond acceptors (Lipinski definition) is 5. The molecule has 1 aromatic carbocycles. The number of thiazole rings is 1. The Morgan fingerprint density at radius 3 is 2.81 bits per heavy atom. The van der Waals surface area contributed by atoms with Gasteiger partial charge in [-0.25, -0.2) is 4.98 Å². The third-order valence-corrected chi connectivity index (χ3v) is 6.24. The van der Waals surface area contributed by atoms with E-state index in [4.69, 9.17) is 0 Å². The second-order valence-electron chi connectivity index (χ2n) is 6.34. The topological polar surface area (TPSA) is 63.5 Å². The summed E-state index contributed by atoms with van der Waals surface area (Å²) in [5, 5.41) is 4.64. The summed E-state index contributed by atoms with van der Waals surface area (Å²) in [5.74, 6) is 0.469. The number of nitrogens with one attached hydrogen (secondary N) is 1. The van der Waals surface area contributed by atoms with Crippen LogP contribution in [0.25, 0.3) is 4.96 Å². The second-order valence-corrected chi connectivity index (χ2v) is 8.51. The summed E-state index contributed by atoms with van der Waals surface area (Å²) in [6, 6.07) is 7.50. The number of fused-ring (bicyclic) bond motifs is 1. The molecular formula is C19H21N3O2S2. The van der Waals surface area contributed by atoms with Crippen LogP contribution in [-0.2, 0) is 10.5 Å². The Morgan fingerprint density at radius 1 is 1.31 bits per heavy atom. The molecule has 0 aliphatic rings. The molecule has 5 nitrogen and oxygen atoms in total. The van der Waals surface area contributed by atoms with Gasteiger partial charge in [0.05, 0.1) is 10.9 Å². The van der Waals surface area contributed by atoms with Crippen LogP contribution >= 0.6 is 23.1 Å². The van der Waals surface area contributed by atoms with Crippen LogP contribution in [0.1, 0.15) is 29.4 Å². The third-order valence-electron chi connectivity index (χ3n) is 4.12. The average Bonchev–Trinajstić information content (AvgIpc) is 2.96. The molecule has 2 aromatic heterocycles. The zero-order valence-corrected chi connectivity index (χ0v) is 16.8. The van der Waals surface area contributed by atoms with E-state index < -0.39 is 0 Å². The molecule has 0 bridgehead atoms. The van der Waals surface area contributed by atoms with Crippen LogP contribution in [0, 0.1) is 20.8 Å². The highest BCUT2D eigenvalue weighted by Gasteiger charge is 2.16. The summed E-state index contributed by atoms with van der Waals surface area (Å²) in [6.45, 7) is 7.76. The highest BCUT2D eigenvalue weighted by atomic mass is 32.2. The predicted octanol–water partition coefficient (Wildman–Crippen LogP) is 3.94. The van der Waals surface area contributed by atoms with E-state index in [1.807, 2.05) is 51.3 Å². The zero-order valence-electron chi connectivity index (χ0n) is 15.2. The van der Waals surface area contributed by atoms with Gasteiger partial charge >= 0.3 is 0 Å². The third kappa shape index (κ3) is 3.99. The first-order chi connectivity index (χ1) is 12.3. The van der Waals surface area contributed by atoms with Gasteiger partial charge in [0.2, 0.25) is 5.91 Å². The van der Waals surface area contributed by atoms with Crippen molar-refractivity contribution in [3.8, 4) is 0 Å². The van der Waals surface area contributed by atoms with E-state index in [2.05, 4.69) is 10.3 Å². The number of anilines is 1. The van der Waals surface area contributed by atoms with Crippen molar-refractivity contribution in [1.29, 1.82) is 0 Å². The summed E-state index contributed by atoms with van der Waals surface area (Å²) < 4.78 is 1.61. The Morgan fingerprint density at radius 2 is 2.08 bits per heavy atom. The highest BCUT2D eigenvalue weighted by Crippen LogP contribution is 2.21. The summed E-state index contributed by atoms with van der Waals surface area (Å²) >= 11 is 2.92. The molecule has 1 amide bonds. The molecule has 0 saturated heterocycles. The zero-order chi connectivity index (χ0) is 18.8. The lowest BCUT2D eigenvalue weighted by Crippen LogP contribution is -2.23. The Labute approximate surface area is 160 Å². The van der Waals surface area contributed by atoms with Crippen molar-refractivity contribution < 1.29 is 4.79 Å². The number of benzene rings is 1. The van der Waals surface area contributed by atoms with E-state index in [0.29, 0.717) is 16.4 Å². The molecule has 1 unspecified atom stereocenters. The maximum absolute atomic E-state index is 12.4. The molecule has 1 atom stereocenters. The Kier molecular flexibility index (Phi) is 5.48. The first-order valence-electron chi connectivity index (χ1n) is 8.31. The molecule has 0 fully saturated rings. The van der Waals surface area contributed by atoms with E-state index in [9.17, 15) is 9.59 Å². The number of carbonyl (C=O) groups is 1. The molecule has 26 heavy (non-hydrogen) atoms. The van der Waals surface area contributed by atoms with Crippen molar-refractivity contribution in [3.05, 3.63) is 62.5 Å². The smallest absolute Gasteiger partial charge is 0.258 e. The van der Waals surface area contributed by atoms with E-state index >= 15 is 0 Å². The van der Waals surface area contributed by atoms with Crippen molar-refractivity contribution in [1.82, 2.24) is 9.38 Å². The van der Waals surface area contributed by atoms with E-state index in [1.165, 1.54) is 28.7 Å². The number of nitrogens with zero attached hydrogens (tertiary/aromatic N) is 2. The van der Waals surface area contributed by atoms with E-state index in [0.717, 1.165) is 16.9 Å². The predicted molar refractivity (Wildman–Crippen MR) is 109 cm³/mol. The molecule has 2 heterocycles. The molecule has 1 N–H and O–H groups in total. The average molecular weight is 388 g/mol. The van der Waals surface area contributed by atoms with Gasteiger partial charge < -0.3 is 5.32 Å². The number of aromatic nitrogens is 2. The molecule has 0 spiro atoms. The Bertz CT molecular complexity index is 1020. The van der Waals surface area contributed by atoms with Gasteiger partial charge in [-0.05, 0) is 39.3 Å². The molecule has 7 heteroatoms. The molecule has 136 valence electrons. The molecule has 0 aliphatic carbocycles. The lowest BCUT2D eigenvalue weighted by Gasteiger charge is -2.14. The molecule has 0 radical (unpaired) electrons.